The highest BCUT2D eigenvalue weighted by molar-refractivity contribution is 9.10. The molecule has 0 spiro atoms. The third-order valence-electron chi connectivity index (χ3n) is 2.61. The molecule has 2 rings (SSSR count). The lowest BCUT2D eigenvalue weighted by Gasteiger charge is -2.13. The summed E-state index contributed by atoms with van der Waals surface area (Å²) in [5.41, 5.74) is 1.91. The van der Waals surface area contributed by atoms with Crippen molar-refractivity contribution in [2.75, 3.05) is 0 Å². The van der Waals surface area contributed by atoms with Crippen LogP contribution in [0.1, 0.15) is 22.8 Å². The number of aliphatic hydroxyl groups excluding tert-OH is 1. The first-order chi connectivity index (χ1) is 8.08. The molecule has 0 amide bonds. The van der Waals surface area contributed by atoms with Crippen LogP contribution in [-0.4, -0.2) is 5.11 Å². The Balaban J connectivity index is 2.43. The zero-order valence-corrected chi connectivity index (χ0v) is 10.9. The SMILES string of the molecule is Cc1ccc(F)c(C(O)c2cccc(Br)c2)c1. The van der Waals surface area contributed by atoms with Gasteiger partial charge in [-0.1, -0.05) is 45.8 Å². The van der Waals surface area contributed by atoms with E-state index in [2.05, 4.69) is 15.9 Å². The molecule has 0 aliphatic rings. The minimum absolute atomic E-state index is 0.308. The molecule has 2 aromatic carbocycles. The van der Waals surface area contributed by atoms with Gasteiger partial charge in [0.25, 0.3) is 0 Å². The van der Waals surface area contributed by atoms with Gasteiger partial charge in [0.2, 0.25) is 0 Å². The summed E-state index contributed by atoms with van der Waals surface area (Å²) in [5, 5.41) is 10.2. The highest BCUT2D eigenvalue weighted by atomic mass is 79.9. The highest BCUT2D eigenvalue weighted by Crippen LogP contribution is 2.26. The molecule has 2 aromatic rings. The van der Waals surface area contributed by atoms with Crippen molar-refractivity contribution in [3.05, 3.63) is 69.4 Å². The molecule has 0 saturated carbocycles. The zero-order valence-electron chi connectivity index (χ0n) is 9.32. The average molecular weight is 295 g/mol. The van der Waals surface area contributed by atoms with Gasteiger partial charge >= 0.3 is 0 Å². The normalized spacial score (nSPS) is 12.5. The van der Waals surface area contributed by atoms with Crippen molar-refractivity contribution in [3.63, 3.8) is 0 Å². The van der Waals surface area contributed by atoms with Gasteiger partial charge in [0.15, 0.2) is 0 Å². The van der Waals surface area contributed by atoms with Gasteiger partial charge in [0.05, 0.1) is 0 Å². The summed E-state index contributed by atoms with van der Waals surface area (Å²) in [6.45, 7) is 1.87. The summed E-state index contributed by atoms with van der Waals surface area (Å²) in [4.78, 5) is 0. The van der Waals surface area contributed by atoms with Crippen LogP contribution < -0.4 is 0 Å². The summed E-state index contributed by atoms with van der Waals surface area (Å²) in [6.07, 6.45) is -0.938. The van der Waals surface area contributed by atoms with Crippen LogP contribution in [-0.2, 0) is 0 Å². The molecule has 1 nitrogen and oxygen atoms in total. The lowest BCUT2D eigenvalue weighted by atomic mass is 9.99. The number of aryl methyl sites for hydroxylation is 1. The van der Waals surface area contributed by atoms with Crippen molar-refractivity contribution in [2.45, 2.75) is 13.0 Å². The van der Waals surface area contributed by atoms with E-state index in [0.29, 0.717) is 11.1 Å². The van der Waals surface area contributed by atoms with Crippen molar-refractivity contribution >= 4 is 15.9 Å². The van der Waals surface area contributed by atoms with Gasteiger partial charge in [-0.05, 0) is 30.7 Å². The summed E-state index contributed by atoms with van der Waals surface area (Å²) >= 11 is 3.33. The maximum absolute atomic E-state index is 13.6. The van der Waals surface area contributed by atoms with Crippen LogP contribution in [0.5, 0.6) is 0 Å². The van der Waals surface area contributed by atoms with Crippen LogP contribution in [0.15, 0.2) is 46.9 Å². The Kier molecular flexibility index (Phi) is 3.60. The van der Waals surface area contributed by atoms with Gasteiger partial charge in [-0.15, -0.1) is 0 Å². The minimum atomic E-state index is -0.938. The van der Waals surface area contributed by atoms with Crippen molar-refractivity contribution in [3.8, 4) is 0 Å². The number of benzene rings is 2. The number of aliphatic hydroxyl groups is 1. The quantitative estimate of drug-likeness (QED) is 0.888. The molecule has 0 heterocycles. The summed E-state index contributed by atoms with van der Waals surface area (Å²) < 4.78 is 14.5. The van der Waals surface area contributed by atoms with E-state index in [1.807, 2.05) is 19.1 Å². The number of hydrogen-bond acceptors (Lipinski definition) is 1. The molecule has 0 radical (unpaired) electrons. The van der Waals surface area contributed by atoms with E-state index < -0.39 is 6.10 Å². The van der Waals surface area contributed by atoms with Crippen molar-refractivity contribution < 1.29 is 9.50 Å². The number of halogens is 2. The van der Waals surface area contributed by atoms with Crippen molar-refractivity contribution in [1.29, 1.82) is 0 Å². The molecule has 0 aromatic heterocycles. The second kappa shape index (κ2) is 4.98. The minimum Gasteiger partial charge on any atom is -0.384 e. The third-order valence-corrected chi connectivity index (χ3v) is 3.10. The van der Waals surface area contributed by atoms with Gasteiger partial charge < -0.3 is 5.11 Å². The average Bonchev–Trinajstić information content (AvgIpc) is 2.31. The Morgan fingerprint density at radius 1 is 1.18 bits per heavy atom. The Labute approximate surface area is 108 Å². The van der Waals surface area contributed by atoms with Crippen LogP contribution in [0, 0.1) is 12.7 Å². The predicted octanol–water partition coefficient (Wildman–Crippen LogP) is 3.98. The lowest BCUT2D eigenvalue weighted by molar-refractivity contribution is 0.215. The molecule has 1 unspecified atom stereocenters. The van der Waals surface area contributed by atoms with Gasteiger partial charge in [0.1, 0.15) is 11.9 Å². The fraction of sp³-hybridized carbons (Fsp3) is 0.143. The summed E-state index contributed by atoms with van der Waals surface area (Å²) in [5.74, 6) is -0.386. The molecular weight excluding hydrogens is 283 g/mol. The third kappa shape index (κ3) is 2.73. The molecule has 0 fully saturated rings. The second-order valence-corrected chi connectivity index (χ2v) is 4.90. The maximum Gasteiger partial charge on any atom is 0.129 e. The summed E-state index contributed by atoms with van der Waals surface area (Å²) in [7, 11) is 0. The fourth-order valence-electron chi connectivity index (χ4n) is 1.73. The fourth-order valence-corrected chi connectivity index (χ4v) is 2.15. The monoisotopic (exact) mass is 294 g/mol. The van der Waals surface area contributed by atoms with E-state index in [1.165, 1.54) is 6.07 Å². The van der Waals surface area contributed by atoms with Crippen molar-refractivity contribution in [2.24, 2.45) is 0 Å². The molecule has 17 heavy (non-hydrogen) atoms. The molecule has 1 atom stereocenters. The number of hydrogen-bond donors (Lipinski definition) is 1. The first kappa shape index (κ1) is 12.3. The largest absolute Gasteiger partial charge is 0.384 e. The summed E-state index contributed by atoms with van der Waals surface area (Å²) in [6, 6.07) is 12.0. The molecule has 0 aliphatic heterocycles. The molecule has 0 bridgehead atoms. The molecule has 0 aliphatic carbocycles. The smallest absolute Gasteiger partial charge is 0.129 e. The molecule has 1 N–H and O–H groups in total. The maximum atomic E-state index is 13.6. The number of rotatable bonds is 2. The van der Waals surface area contributed by atoms with Gasteiger partial charge in [-0.2, -0.15) is 0 Å². The highest BCUT2D eigenvalue weighted by Gasteiger charge is 2.15. The van der Waals surface area contributed by atoms with Crippen LogP contribution in [0.25, 0.3) is 0 Å². The van der Waals surface area contributed by atoms with E-state index in [9.17, 15) is 9.50 Å². The molecule has 0 saturated heterocycles. The van der Waals surface area contributed by atoms with Gasteiger partial charge in [-0.3, -0.25) is 0 Å². The van der Waals surface area contributed by atoms with Crippen LogP contribution in [0.2, 0.25) is 0 Å². The Hall–Kier alpha value is -1.19. The predicted molar refractivity (Wildman–Crippen MR) is 69.3 cm³/mol. The van der Waals surface area contributed by atoms with E-state index in [-0.39, 0.29) is 5.82 Å². The molecule has 88 valence electrons. The van der Waals surface area contributed by atoms with Crippen LogP contribution >= 0.6 is 15.9 Å². The second-order valence-electron chi connectivity index (χ2n) is 3.98. The van der Waals surface area contributed by atoms with E-state index in [4.69, 9.17) is 0 Å². The van der Waals surface area contributed by atoms with Crippen molar-refractivity contribution in [1.82, 2.24) is 0 Å². The first-order valence-corrected chi connectivity index (χ1v) is 6.07. The molecular formula is C14H12BrFO. The Morgan fingerprint density at radius 2 is 1.94 bits per heavy atom. The van der Waals surface area contributed by atoms with Crippen LogP contribution in [0.3, 0.4) is 0 Å². The van der Waals surface area contributed by atoms with E-state index in [1.54, 1.807) is 24.3 Å². The Morgan fingerprint density at radius 3 is 2.65 bits per heavy atom. The van der Waals surface area contributed by atoms with E-state index in [0.717, 1.165) is 10.0 Å². The van der Waals surface area contributed by atoms with E-state index >= 15 is 0 Å². The zero-order chi connectivity index (χ0) is 12.4. The standard InChI is InChI=1S/C14H12BrFO/c1-9-5-6-13(16)12(7-9)14(17)10-3-2-4-11(15)8-10/h2-8,14,17H,1H3. The van der Waals surface area contributed by atoms with Gasteiger partial charge in [0, 0.05) is 10.0 Å². The topological polar surface area (TPSA) is 20.2 Å². The first-order valence-electron chi connectivity index (χ1n) is 5.27. The molecule has 3 heteroatoms. The Bertz CT molecular complexity index is 539. The lowest BCUT2D eigenvalue weighted by Crippen LogP contribution is -2.03. The van der Waals surface area contributed by atoms with Gasteiger partial charge in [-0.25, -0.2) is 4.39 Å². The van der Waals surface area contributed by atoms with Crippen LogP contribution in [0.4, 0.5) is 4.39 Å².